The number of hydrogen-bond acceptors (Lipinski definition) is 5. The monoisotopic (exact) mass is 405 g/mol. The van der Waals surface area contributed by atoms with Gasteiger partial charge < -0.3 is 10.6 Å². The van der Waals surface area contributed by atoms with Crippen LogP contribution >= 0.6 is 22.7 Å². The van der Waals surface area contributed by atoms with Crippen LogP contribution in [0.3, 0.4) is 0 Å². The average Bonchev–Trinajstić information content (AvgIpc) is 3.40. The van der Waals surface area contributed by atoms with E-state index < -0.39 is 0 Å². The molecule has 0 aliphatic carbocycles. The lowest BCUT2D eigenvalue weighted by Gasteiger charge is -2.27. The van der Waals surface area contributed by atoms with Gasteiger partial charge in [-0.15, -0.1) is 22.7 Å². The van der Waals surface area contributed by atoms with E-state index in [1.54, 1.807) is 11.3 Å². The van der Waals surface area contributed by atoms with Crippen LogP contribution in [-0.2, 0) is 12.0 Å². The minimum atomic E-state index is 0.0956. The van der Waals surface area contributed by atoms with Crippen LogP contribution in [0.15, 0.2) is 27.9 Å². The molecule has 1 fully saturated rings. The van der Waals surface area contributed by atoms with Crippen LogP contribution in [0.5, 0.6) is 0 Å². The summed E-state index contributed by atoms with van der Waals surface area (Å²) in [7, 11) is 1.83. The highest BCUT2D eigenvalue weighted by atomic mass is 32.1. The molecule has 0 saturated carbocycles. The van der Waals surface area contributed by atoms with E-state index in [9.17, 15) is 0 Å². The van der Waals surface area contributed by atoms with Gasteiger partial charge in [0.1, 0.15) is 5.01 Å². The standard InChI is InChI=1S/C20H31N5S2/c1-20(2,3)17-14-27-18(24-17)13-23-19(21-4)22-12-15(16-8-7-11-26-16)25-9-5-6-10-25/h7-8,11,14-15H,5-6,9-10,12-13H2,1-4H3,(H2,21,22,23). The van der Waals surface area contributed by atoms with Crippen molar-refractivity contribution in [2.75, 3.05) is 26.7 Å². The number of nitrogens with one attached hydrogen (secondary N) is 2. The molecule has 0 radical (unpaired) electrons. The molecule has 1 atom stereocenters. The number of thiophene rings is 1. The Morgan fingerprint density at radius 3 is 2.63 bits per heavy atom. The Morgan fingerprint density at radius 1 is 1.26 bits per heavy atom. The topological polar surface area (TPSA) is 52.6 Å². The van der Waals surface area contributed by atoms with Crippen molar-refractivity contribution in [2.45, 2.75) is 51.6 Å². The van der Waals surface area contributed by atoms with E-state index in [0.29, 0.717) is 12.6 Å². The van der Waals surface area contributed by atoms with Crippen LogP contribution in [0, 0.1) is 0 Å². The predicted molar refractivity (Wildman–Crippen MR) is 117 cm³/mol. The molecule has 2 aromatic rings. The molecule has 0 amide bonds. The van der Waals surface area contributed by atoms with Gasteiger partial charge in [0.25, 0.3) is 0 Å². The van der Waals surface area contributed by atoms with Crippen molar-refractivity contribution in [3.05, 3.63) is 38.5 Å². The van der Waals surface area contributed by atoms with E-state index in [2.05, 4.69) is 64.2 Å². The third-order valence-electron chi connectivity index (χ3n) is 4.87. The zero-order chi connectivity index (χ0) is 19.3. The number of hydrogen-bond donors (Lipinski definition) is 2. The molecule has 7 heteroatoms. The van der Waals surface area contributed by atoms with Gasteiger partial charge in [0.05, 0.1) is 18.3 Å². The van der Waals surface area contributed by atoms with E-state index in [4.69, 9.17) is 4.98 Å². The Bertz CT molecular complexity index is 724. The van der Waals surface area contributed by atoms with Gasteiger partial charge >= 0.3 is 0 Å². The van der Waals surface area contributed by atoms with Gasteiger partial charge in [-0.05, 0) is 37.4 Å². The summed E-state index contributed by atoms with van der Waals surface area (Å²) in [6.45, 7) is 10.5. The molecule has 0 spiro atoms. The van der Waals surface area contributed by atoms with Crippen LogP contribution in [0.4, 0.5) is 0 Å². The number of nitrogens with zero attached hydrogens (tertiary/aromatic N) is 3. The van der Waals surface area contributed by atoms with E-state index in [1.807, 2.05) is 18.4 Å². The molecular weight excluding hydrogens is 374 g/mol. The maximum atomic E-state index is 4.75. The highest BCUT2D eigenvalue weighted by molar-refractivity contribution is 7.10. The van der Waals surface area contributed by atoms with Gasteiger partial charge in [-0.25, -0.2) is 4.98 Å². The summed E-state index contributed by atoms with van der Waals surface area (Å²) in [6, 6.07) is 4.80. The Labute approximate surface area is 170 Å². The normalized spacial score (nSPS) is 17.3. The molecule has 3 rings (SSSR count). The molecule has 27 heavy (non-hydrogen) atoms. The Kier molecular flexibility index (Phi) is 6.89. The molecule has 1 aliphatic rings. The largest absolute Gasteiger partial charge is 0.354 e. The van der Waals surface area contributed by atoms with Crippen LogP contribution in [0.2, 0.25) is 0 Å². The number of aromatic nitrogens is 1. The van der Waals surface area contributed by atoms with Crippen LogP contribution < -0.4 is 10.6 Å². The Hall–Kier alpha value is -1.44. The lowest BCUT2D eigenvalue weighted by Crippen LogP contribution is -2.42. The first-order valence-corrected chi connectivity index (χ1v) is 11.4. The first-order chi connectivity index (χ1) is 13.0. The highest BCUT2D eigenvalue weighted by Crippen LogP contribution is 2.28. The summed E-state index contributed by atoms with van der Waals surface area (Å²) in [5, 5.41) is 12.4. The van der Waals surface area contributed by atoms with E-state index >= 15 is 0 Å². The summed E-state index contributed by atoms with van der Waals surface area (Å²) < 4.78 is 0. The van der Waals surface area contributed by atoms with Gasteiger partial charge in [-0.3, -0.25) is 9.89 Å². The summed E-state index contributed by atoms with van der Waals surface area (Å²) in [4.78, 5) is 13.2. The lowest BCUT2D eigenvalue weighted by atomic mass is 9.93. The third-order valence-corrected chi connectivity index (χ3v) is 6.69. The van der Waals surface area contributed by atoms with Crippen LogP contribution in [0.25, 0.3) is 0 Å². The molecule has 0 bridgehead atoms. The molecule has 2 aromatic heterocycles. The van der Waals surface area contributed by atoms with Crippen molar-refractivity contribution in [2.24, 2.45) is 4.99 Å². The van der Waals surface area contributed by atoms with Gasteiger partial charge in [-0.1, -0.05) is 26.8 Å². The van der Waals surface area contributed by atoms with Gasteiger partial charge in [-0.2, -0.15) is 0 Å². The zero-order valence-electron chi connectivity index (χ0n) is 16.8. The minimum Gasteiger partial charge on any atom is -0.354 e. The summed E-state index contributed by atoms with van der Waals surface area (Å²) in [6.07, 6.45) is 2.60. The van der Waals surface area contributed by atoms with E-state index in [-0.39, 0.29) is 5.41 Å². The van der Waals surface area contributed by atoms with Gasteiger partial charge in [0, 0.05) is 29.3 Å². The van der Waals surface area contributed by atoms with Crippen LogP contribution in [-0.4, -0.2) is 42.5 Å². The lowest BCUT2D eigenvalue weighted by molar-refractivity contribution is 0.249. The average molecular weight is 406 g/mol. The number of guanidine groups is 1. The number of rotatable bonds is 6. The van der Waals surface area contributed by atoms with Crippen molar-refractivity contribution in [1.29, 1.82) is 0 Å². The molecule has 148 valence electrons. The second kappa shape index (κ2) is 9.17. The second-order valence-corrected chi connectivity index (χ2v) is 9.88. The second-order valence-electron chi connectivity index (χ2n) is 7.96. The first kappa shape index (κ1) is 20.3. The minimum absolute atomic E-state index is 0.0956. The number of thiazole rings is 1. The van der Waals surface area contributed by atoms with Crippen LogP contribution in [0.1, 0.15) is 55.2 Å². The number of aliphatic imine (C=N–C) groups is 1. The fourth-order valence-corrected chi connectivity index (χ4v) is 5.08. The maximum Gasteiger partial charge on any atom is 0.191 e. The zero-order valence-corrected chi connectivity index (χ0v) is 18.4. The van der Waals surface area contributed by atoms with Crippen molar-refractivity contribution >= 4 is 28.6 Å². The molecular formula is C20H31N5S2. The number of likely N-dealkylation sites (tertiary alicyclic amines) is 1. The van der Waals surface area contributed by atoms with Gasteiger partial charge in [0.15, 0.2) is 5.96 Å². The third kappa shape index (κ3) is 5.53. The maximum absolute atomic E-state index is 4.75. The molecule has 1 unspecified atom stereocenters. The van der Waals surface area contributed by atoms with Crippen molar-refractivity contribution < 1.29 is 0 Å². The molecule has 2 N–H and O–H groups in total. The molecule has 1 aliphatic heterocycles. The summed E-state index contributed by atoms with van der Waals surface area (Å²) >= 11 is 3.55. The smallest absolute Gasteiger partial charge is 0.191 e. The first-order valence-electron chi connectivity index (χ1n) is 9.64. The molecule has 0 aromatic carbocycles. The summed E-state index contributed by atoms with van der Waals surface area (Å²) in [5.41, 5.74) is 1.25. The molecule has 3 heterocycles. The molecule has 1 saturated heterocycles. The Morgan fingerprint density at radius 2 is 2.04 bits per heavy atom. The Balaban J connectivity index is 1.55. The van der Waals surface area contributed by atoms with Gasteiger partial charge in [0.2, 0.25) is 0 Å². The summed E-state index contributed by atoms with van der Waals surface area (Å²) in [5.74, 6) is 0.836. The fraction of sp³-hybridized carbons (Fsp3) is 0.600. The van der Waals surface area contributed by atoms with Crippen molar-refractivity contribution in [3.8, 4) is 0 Å². The van der Waals surface area contributed by atoms with E-state index in [0.717, 1.165) is 23.2 Å². The quantitative estimate of drug-likeness (QED) is 0.563. The SMILES string of the molecule is CN=C(NCc1nc(C(C)(C)C)cs1)NCC(c1cccs1)N1CCCC1. The highest BCUT2D eigenvalue weighted by Gasteiger charge is 2.24. The molecule has 5 nitrogen and oxygen atoms in total. The van der Waals surface area contributed by atoms with E-state index in [1.165, 1.54) is 30.8 Å². The van der Waals surface area contributed by atoms with Crippen molar-refractivity contribution in [1.82, 2.24) is 20.5 Å². The fourth-order valence-electron chi connectivity index (χ4n) is 3.25. The van der Waals surface area contributed by atoms with Crippen molar-refractivity contribution in [3.63, 3.8) is 0 Å². The predicted octanol–water partition coefficient (Wildman–Crippen LogP) is 4.00.